The third-order valence-corrected chi connectivity index (χ3v) is 8.22. The number of ether oxygens (including phenoxy) is 1. The number of benzene rings is 3. The molecular weight excluding hydrogens is 480 g/mol. The highest BCUT2D eigenvalue weighted by Crippen LogP contribution is 2.61. The van der Waals surface area contributed by atoms with Crippen molar-refractivity contribution in [2.45, 2.75) is 38.6 Å². The molecule has 1 aliphatic heterocycles. The molecule has 4 aliphatic rings. The van der Waals surface area contributed by atoms with Gasteiger partial charge in [0, 0.05) is 17.5 Å². The third-order valence-electron chi connectivity index (χ3n) is 8.22. The van der Waals surface area contributed by atoms with Gasteiger partial charge in [0.1, 0.15) is 6.04 Å². The fraction of sp³-hybridized carbons (Fsp3) is 0.290. The van der Waals surface area contributed by atoms with Crippen molar-refractivity contribution in [3.63, 3.8) is 0 Å². The first-order valence-electron chi connectivity index (χ1n) is 12.9. The Morgan fingerprint density at radius 2 is 1.34 bits per heavy atom. The van der Waals surface area contributed by atoms with E-state index >= 15 is 0 Å². The number of esters is 1. The molecule has 1 fully saturated rings. The molecule has 0 radical (unpaired) electrons. The van der Waals surface area contributed by atoms with Gasteiger partial charge in [-0.15, -0.1) is 0 Å². The molecule has 38 heavy (non-hydrogen) atoms. The Balaban J connectivity index is 1.21. The van der Waals surface area contributed by atoms with Crippen LogP contribution in [0.5, 0.6) is 0 Å². The standard InChI is InChI=1S/C31H28N2O5/c1-16-12-13-17(2)23(14-16)32-24(34)15-38-31(37)18(3)33-29(35)27-25-19-8-4-5-9-20(19)26(28(27)30(33)36)22-11-7-6-10-21(22)25/h4-14,18,25-28H,15H2,1-3H3,(H,32,34)/t18-,25?,26?,27-,28+/m0/s1. The minimum atomic E-state index is -1.14. The number of hydrogen-bond donors (Lipinski definition) is 1. The van der Waals surface area contributed by atoms with Gasteiger partial charge < -0.3 is 10.1 Å². The number of likely N-dealkylation sites (tertiary alicyclic amines) is 1. The van der Waals surface area contributed by atoms with E-state index in [9.17, 15) is 19.2 Å². The van der Waals surface area contributed by atoms with E-state index in [1.54, 1.807) is 0 Å². The van der Waals surface area contributed by atoms with E-state index in [4.69, 9.17) is 4.74 Å². The lowest BCUT2D eigenvalue weighted by Gasteiger charge is -2.45. The van der Waals surface area contributed by atoms with Crippen molar-refractivity contribution in [3.8, 4) is 0 Å². The molecule has 3 amide bonds. The van der Waals surface area contributed by atoms with Gasteiger partial charge in [-0.2, -0.15) is 0 Å². The average Bonchev–Trinajstić information content (AvgIpc) is 3.19. The van der Waals surface area contributed by atoms with E-state index < -0.39 is 36.4 Å². The first-order valence-corrected chi connectivity index (χ1v) is 12.9. The van der Waals surface area contributed by atoms with E-state index in [1.807, 2.05) is 80.6 Å². The summed E-state index contributed by atoms with van der Waals surface area (Å²) in [4.78, 5) is 54.1. The molecule has 0 unspecified atom stereocenters. The quantitative estimate of drug-likeness (QED) is 0.414. The molecule has 7 nitrogen and oxygen atoms in total. The molecule has 7 heteroatoms. The number of imide groups is 1. The van der Waals surface area contributed by atoms with Crippen LogP contribution in [-0.2, 0) is 23.9 Å². The number of carbonyl (C=O) groups excluding carboxylic acids is 4. The summed E-state index contributed by atoms with van der Waals surface area (Å²) in [6.07, 6.45) is 0. The fourth-order valence-electron chi connectivity index (χ4n) is 6.50. The van der Waals surface area contributed by atoms with E-state index in [-0.39, 0.29) is 23.7 Å². The van der Waals surface area contributed by atoms with E-state index in [0.29, 0.717) is 5.69 Å². The second-order valence-electron chi connectivity index (χ2n) is 10.5. The normalized spacial score (nSPS) is 23.4. The molecule has 3 aromatic rings. The number of amides is 3. The number of rotatable bonds is 5. The van der Waals surface area contributed by atoms with Gasteiger partial charge in [0.15, 0.2) is 6.61 Å². The molecule has 2 bridgehead atoms. The number of anilines is 1. The number of carbonyl (C=O) groups is 4. The molecule has 0 saturated carbocycles. The van der Waals surface area contributed by atoms with Crippen LogP contribution in [0.3, 0.4) is 0 Å². The first-order chi connectivity index (χ1) is 18.3. The lowest BCUT2D eigenvalue weighted by atomic mass is 9.55. The number of nitrogens with one attached hydrogen (secondary N) is 1. The predicted molar refractivity (Wildman–Crippen MR) is 140 cm³/mol. The summed E-state index contributed by atoms with van der Waals surface area (Å²) in [5.41, 5.74) is 6.79. The Kier molecular flexibility index (Phi) is 5.67. The number of hydrogen-bond acceptors (Lipinski definition) is 5. The molecule has 1 saturated heterocycles. The zero-order chi connectivity index (χ0) is 26.7. The van der Waals surface area contributed by atoms with Crippen molar-refractivity contribution in [3.05, 3.63) is 100 Å². The first kappa shape index (κ1) is 24.1. The van der Waals surface area contributed by atoms with Crippen LogP contribution in [0.25, 0.3) is 0 Å². The Labute approximate surface area is 220 Å². The Morgan fingerprint density at radius 1 is 0.842 bits per heavy atom. The van der Waals surface area contributed by atoms with Crippen LogP contribution in [0.15, 0.2) is 66.7 Å². The smallest absolute Gasteiger partial charge is 0.329 e. The van der Waals surface area contributed by atoms with Gasteiger partial charge in [-0.25, -0.2) is 4.79 Å². The summed E-state index contributed by atoms with van der Waals surface area (Å²) in [6.45, 7) is 4.76. The molecule has 1 N–H and O–H groups in total. The van der Waals surface area contributed by atoms with Crippen molar-refractivity contribution in [1.29, 1.82) is 0 Å². The summed E-state index contributed by atoms with van der Waals surface area (Å²) in [6, 6.07) is 20.5. The lowest BCUT2D eigenvalue weighted by Crippen LogP contribution is -2.45. The molecule has 7 rings (SSSR count). The summed E-state index contributed by atoms with van der Waals surface area (Å²) in [5, 5.41) is 2.75. The predicted octanol–water partition coefficient (Wildman–Crippen LogP) is 4.07. The second kappa shape index (κ2) is 8.94. The SMILES string of the molecule is Cc1ccc(C)c(NC(=O)COC(=O)[C@H](C)N2C(=O)[C@@H]3C4c5ccccc5C(c5ccccc54)[C@@H]3C2=O)c1. The maximum absolute atomic E-state index is 13.8. The minimum absolute atomic E-state index is 0.245. The molecule has 0 aromatic heterocycles. The van der Waals surface area contributed by atoms with Crippen LogP contribution < -0.4 is 5.32 Å². The topological polar surface area (TPSA) is 92.8 Å². The summed E-state index contributed by atoms with van der Waals surface area (Å²) >= 11 is 0. The fourth-order valence-corrected chi connectivity index (χ4v) is 6.50. The summed E-state index contributed by atoms with van der Waals surface area (Å²) in [5.74, 6) is -3.62. The zero-order valence-corrected chi connectivity index (χ0v) is 21.4. The molecule has 3 aliphatic carbocycles. The van der Waals surface area contributed by atoms with Gasteiger partial charge in [-0.05, 0) is 60.2 Å². The largest absolute Gasteiger partial charge is 0.454 e. The van der Waals surface area contributed by atoms with Gasteiger partial charge in [-0.3, -0.25) is 19.3 Å². The summed E-state index contributed by atoms with van der Waals surface area (Å²) < 4.78 is 5.27. The minimum Gasteiger partial charge on any atom is -0.454 e. The summed E-state index contributed by atoms with van der Waals surface area (Å²) in [7, 11) is 0. The zero-order valence-electron chi connectivity index (χ0n) is 21.4. The van der Waals surface area contributed by atoms with Crippen molar-refractivity contribution < 1.29 is 23.9 Å². The van der Waals surface area contributed by atoms with Crippen molar-refractivity contribution >= 4 is 29.4 Å². The van der Waals surface area contributed by atoms with E-state index in [2.05, 4.69) is 5.32 Å². The van der Waals surface area contributed by atoms with Gasteiger partial charge in [0.2, 0.25) is 11.8 Å². The van der Waals surface area contributed by atoms with E-state index in [1.165, 1.54) is 6.92 Å². The Bertz CT molecular complexity index is 1400. The Morgan fingerprint density at radius 3 is 1.84 bits per heavy atom. The van der Waals surface area contributed by atoms with Gasteiger partial charge >= 0.3 is 5.97 Å². The third kappa shape index (κ3) is 3.56. The second-order valence-corrected chi connectivity index (χ2v) is 10.5. The number of nitrogens with zero attached hydrogens (tertiary/aromatic N) is 1. The van der Waals surface area contributed by atoms with Gasteiger partial charge in [-0.1, -0.05) is 60.7 Å². The van der Waals surface area contributed by atoms with Crippen LogP contribution in [0, 0.1) is 25.7 Å². The maximum Gasteiger partial charge on any atom is 0.329 e. The van der Waals surface area contributed by atoms with Crippen molar-refractivity contribution in [2.24, 2.45) is 11.8 Å². The van der Waals surface area contributed by atoms with E-state index in [0.717, 1.165) is 38.3 Å². The molecule has 1 heterocycles. The van der Waals surface area contributed by atoms with Crippen molar-refractivity contribution in [1.82, 2.24) is 4.90 Å². The van der Waals surface area contributed by atoms with Crippen LogP contribution in [0.4, 0.5) is 5.69 Å². The maximum atomic E-state index is 13.8. The van der Waals surface area contributed by atoms with Crippen molar-refractivity contribution in [2.75, 3.05) is 11.9 Å². The molecule has 0 spiro atoms. The van der Waals surface area contributed by atoms with Crippen LogP contribution in [-0.4, -0.2) is 41.2 Å². The lowest BCUT2D eigenvalue weighted by molar-refractivity contribution is -0.159. The Hall–Kier alpha value is -4.26. The van der Waals surface area contributed by atoms with Crippen LogP contribution in [0.2, 0.25) is 0 Å². The monoisotopic (exact) mass is 508 g/mol. The highest BCUT2D eigenvalue weighted by Gasteiger charge is 2.62. The number of aryl methyl sites for hydroxylation is 2. The highest BCUT2D eigenvalue weighted by atomic mass is 16.5. The molecule has 3 aromatic carbocycles. The molecule has 3 atom stereocenters. The van der Waals surface area contributed by atoms with Crippen LogP contribution >= 0.6 is 0 Å². The van der Waals surface area contributed by atoms with Gasteiger partial charge in [0.25, 0.3) is 5.91 Å². The molecule has 192 valence electrons. The highest BCUT2D eigenvalue weighted by molar-refractivity contribution is 6.10. The van der Waals surface area contributed by atoms with Gasteiger partial charge in [0.05, 0.1) is 11.8 Å². The van der Waals surface area contributed by atoms with Crippen LogP contribution in [0.1, 0.15) is 52.1 Å². The average molecular weight is 509 g/mol. The molecular formula is C31H28N2O5.